The SMILES string of the molecule is Cc1ccc(C(O)(C(N)=O)C(F)(F)F)cc1-c1cnc(N)c(C(=O)NCC2(C#N)CC2)n1. The van der Waals surface area contributed by atoms with E-state index in [4.69, 9.17) is 16.7 Å². The van der Waals surface area contributed by atoms with Crippen molar-refractivity contribution in [2.24, 2.45) is 11.1 Å². The molecule has 2 aromatic rings. The maximum atomic E-state index is 13.4. The van der Waals surface area contributed by atoms with Crippen LogP contribution in [0.1, 0.15) is 34.5 Å². The van der Waals surface area contributed by atoms with Crippen LogP contribution in [0, 0.1) is 23.7 Å². The first-order valence-electron chi connectivity index (χ1n) is 9.37. The van der Waals surface area contributed by atoms with Crippen LogP contribution >= 0.6 is 0 Å². The zero-order chi connectivity index (χ0) is 23.9. The summed E-state index contributed by atoms with van der Waals surface area (Å²) in [6.07, 6.45) is -2.92. The highest BCUT2D eigenvalue weighted by Gasteiger charge is 2.60. The molecule has 2 amide bonds. The van der Waals surface area contributed by atoms with E-state index in [0.717, 1.165) is 18.3 Å². The highest BCUT2D eigenvalue weighted by molar-refractivity contribution is 5.97. The van der Waals surface area contributed by atoms with E-state index in [1.165, 1.54) is 6.07 Å². The molecule has 0 spiro atoms. The molecule has 12 heteroatoms. The summed E-state index contributed by atoms with van der Waals surface area (Å²) in [5.41, 5.74) is 5.45. The molecule has 9 nitrogen and oxygen atoms in total. The van der Waals surface area contributed by atoms with Crippen LogP contribution in [0.5, 0.6) is 0 Å². The molecule has 1 aliphatic carbocycles. The van der Waals surface area contributed by atoms with E-state index < -0.39 is 34.6 Å². The Kier molecular flexibility index (Phi) is 5.56. The number of benzene rings is 1. The second-order valence-electron chi connectivity index (χ2n) is 7.67. The van der Waals surface area contributed by atoms with Crippen molar-refractivity contribution in [1.29, 1.82) is 5.26 Å². The van der Waals surface area contributed by atoms with Crippen LogP contribution in [0.3, 0.4) is 0 Å². The van der Waals surface area contributed by atoms with Gasteiger partial charge in [-0.15, -0.1) is 0 Å². The largest absolute Gasteiger partial charge is 0.430 e. The predicted octanol–water partition coefficient (Wildman–Crippen LogP) is 1.30. The number of aliphatic hydroxyl groups is 1. The Labute approximate surface area is 180 Å². The summed E-state index contributed by atoms with van der Waals surface area (Å²) in [7, 11) is 0. The van der Waals surface area contributed by atoms with E-state index >= 15 is 0 Å². The van der Waals surface area contributed by atoms with E-state index in [2.05, 4.69) is 21.4 Å². The van der Waals surface area contributed by atoms with Crippen molar-refractivity contribution in [2.75, 3.05) is 12.3 Å². The minimum Gasteiger partial charge on any atom is -0.382 e. The van der Waals surface area contributed by atoms with Gasteiger partial charge in [0.1, 0.15) is 0 Å². The van der Waals surface area contributed by atoms with Crippen molar-refractivity contribution >= 4 is 17.6 Å². The van der Waals surface area contributed by atoms with Crippen LogP contribution in [0.25, 0.3) is 11.3 Å². The van der Waals surface area contributed by atoms with Gasteiger partial charge in [0.2, 0.25) is 0 Å². The number of nitrogens with zero attached hydrogens (tertiary/aromatic N) is 3. The van der Waals surface area contributed by atoms with E-state index in [0.29, 0.717) is 18.4 Å². The van der Waals surface area contributed by atoms with E-state index in [1.54, 1.807) is 6.92 Å². The second kappa shape index (κ2) is 7.76. The number of nitrogens with two attached hydrogens (primary N) is 2. The number of carbonyl (C=O) groups excluding carboxylic acids is 2. The zero-order valence-corrected chi connectivity index (χ0v) is 16.8. The van der Waals surface area contributed by atoms with Gasteiger partial charge in [0.25, 0.3) is 17.4 Å². The molecule has 3 rings (SSSR count). The van der Waals surface area contributed by atoms with E-state index in [-0.39, 0.29) is 29.3 Å². The number of rotatable bonds is 6. The molecule has 0 bridgehead atoms. The van der Waals surface area contributed by atoms with Crippen LogP contribution < -0.4 is 16.8 Å². The minimum atomic E-state index is -5.37. The molecule has 0 aliphatic heterocycles. The summed E-state index contributed by atoms with van der Waals surface area (Å²) in [6.45, 7) is 1.65. The first-order valence-corrected chi connectivity index (χ1v) is 9.37. The average Bonchev–Trinajstić information content (AvgIpc) is 3.52. The maximum Gasteiger partial charge on any atom is 0.430 e. The molecule has 0 saturated heterocycles. The highest BCUT2D eigenvalue weighted by Crippen LogP contribution is 2.44. The molecular formula is C20H19F3N6O3. The lowest BCUT2D eigenvalue weighted by atomic mass is 9.89. The molecular weight excluding hydrogens is 429 g/mol. The summed E-state index contributed by atoms with van der Waals surface area (Å²) in [5, 5.41) is 21.8. The van der Waals surface area contributed by atoms with E-state index in [9.17, 15) is 27.9 Å². The normalized spacial score (nSPS) is 16.5. The average molecular weight is 448 g/mol. The summed E-state index contributed by atoms with van der Waals surface area (Å²) < 4.78 is 40.3. The predicted molar refractivity (Wildman–Crippen MR) is 105 cm³/mol. The molecule has 1 heterocycles. The van der Waals surface area contributed by atoms with Crippen LogP contribution in [0.2, 0.25) is 0 Å². The minimum absolute atomic E-state index is 0.0147. The van der Waals surface area contributed by atoms with Crippen LogP contribution in [-0.2, 0) is 10.4 Å². The Morgan fingerprint density at radius 3 is 2.53 bits per heavy atom. The monoisotopic (exact) mass is 448 g/mol. The Balaban J connectivity index is 2.01. The van der Waals surface area contributed by atoms with Crippen LogP contribution in [0.15, 0.2) is 24.4 Å². The van der Waals surface area contributed by atoms with Gasteiger partial charge in [-0.1, -0.05) is 12.1 Å². The first-order chi connectivity index (χ1) is 14.8. The molecule has 1 aliphatic rings. The van der Waals surface area contributed by atoms with E-state index in [1.807, 2.05) is 0 Å². The van der Waals surface area contributed by atoms with Crippen molar-refractivity contribution in [2.45, 2.75) is 31.5 Å². The fraction of sp³-hybridized carbons (Fsp3) is 0.350. The molecule has 1 aromatic heterocycles. The molecule has 1 unspecified atom stereocenters. The van der Waals surface area contributed by atoms with Crippen molar-refractivity contribution in [3.05, 3.63) is 41.2 Å². The number of nitriles is 1. The molecule has 1 atom stereocenters. The van der Waals surface area contributed by atoms with Gasteiger partial charge < -0.3 is 21.9 Å². The summed E-state index contributed by atoms with van der Waals surface area (Å²) in [6, 6.07) is 5.20. The maximum absolute atomic E-state index is 13.4. The van der Waals surface area contributed by atoms with Gasteiger partial charge >= 0.3 is 6.18 Å². The fourth-order valence-electron chi connectivity index (χ4n) is 3.08. The number of hydrogen-bond acceptors (Lipinski definition) is 7. The zero-order valence-electron chi connectivity index (χ0n) is 16.8. The Bertz CT molecular complexity index is 1140. The van der Waals surface area contributed by atoms with Gasteiger partial charge in [0.05, 0.1) is 23.4 Å². The topological polar surface area (TPSA) is 168 Å². The van der Waals surface area contributed by atoms with Crippen LogP contribution in [0.4, 0.5) is 19.0 Å². The number of primary amides is 1. The Hall–Kier alpha value is -3.72. The fourth-order valence-corrected chi connectivity index (χ4v) is 3.08. The number of aryl methyl sites for hydroxylation is 1. The van der Waals surface area contributed by atoms with Gasteiger partial charge in [-0.2, -0.15) is 18.4 Å². The quantitative estimate of drug-likeness (QED) is 0.516. The lowest BCUT2D eigenvalue weighted by Gasteiger charge is -2.28. The summed E-state index contributed by atoms with van der Waals surface area (Å²) in [5.74, 6) is -2.91. The number of carbonyl (C=O) groups is 2. The third-order valence-corrected chi connectivity index (χ3v) is 5.39. The van der Waals surface area contributed by atoms with Gasteiger partial charge in [-0.3, -0.25) is 9.59 Å². The number of alkyl halides is 3. The molecule has 6 N–H and O–H groups in total. The summed E-state index contributed by atoms with van der Waals surface area (Å²) in [4.78, 5) is 32.0. The van der Waals surface area contributed by atoms with Crippen LogP contribution in [-0.4, -0.2) is 39.6 Å². The van der Waals surface area contributed by atoms with Gasteiger partial charge in [-0.05, 0) is 31.4 Å². The standard InChI is InChI=1S/C20H19F3N6O3/c1-10-2-3-11(19(32,17(26)31)20(21,22)23)6-12(10)13-7-27-15(25)14(29-13)16(30)28-9-18(8-24)4-5-18/h2-3,6-7,32H,4-5,9H2,1H3,(H2,25,27)(H2,26,31)(H,28,30). The number of halogens is 3. The molecule has 168 valence electrons. The third-order valence-electron chi connectivity index (χ3n) is 5.39. The lowest BCUT2D eigenvalue weighted by Crippen LogP contribution is -2.52. The smallest absolute Gasteiger partial charge is 0.382 e. The first kappa shape index (κ1) is 23.0. The molecule has 1 fully saturated rings. The number of anilines is 1. The van der Waals surface area contributed by atoms with Gasteiger partial charge in [0.15, 0.2) is 11.5 Å². The Morgan fingerprint density at radius 1 is 1.34 bits per heavy atom. The summed E-state index contributed by atoms with van der Waals surface area (Å²) >= 11 is 0. The lowest BCUT2D eigenvalue weighted by molar-refractivity contribution is -0.255. The highest BCUT2D eigenvalue weighted by atomic mass is 19.4. The van der Waals surface area contributed by atoms with Gasteiger partial charge in [0, 0.05) is 17.7 Å². The van der Waals surface area contributed by atoms with Crippen molar-refractivity contribution in [1.82, 2.24) is 15.3 Å². The number of nitrogen functional groups attached to an aromatic ring is 1. The second-order valence-corrected chi connectivity index (χ2v) is 7.67. The number of amides is 2. The molecule has 32 heavy (non-hydrogen) atoms. The number of nitrogens with one attached hydrogen (secondary N) is 1. The molecule has 1 aromatic carbocycles. The molecule has 0 radical (unpaired) electrons. The number of aromatic nitrogens is 2. The van der Waals surface area contributed by atoms with Crippen molar-refractivity contribution in [3.8, 4) is 17.3 Å². The van der Waals surface area contributed by atoms with Gasteiger partial charge in [-0.25, -0.2) is 9.97 Å². The molecule has 1 saturated carbocycles. The Morgan fingerprint density at radius 2 is 2.00 bits per heavy atom. The van der Waals surface area contributed by atoms with Crippen molar-refractivity contribution in [3.63, 3.8) is 0 Å². The van der Waals surface area contributed by atoms with Crippen molar-refractivity contribution < 1.29 is 27.9 Å². The third kappa shape index (κ3) is 3.94. The number of hydrogen-bond donors (Lipinski definition) is 4.